The number of morpholine rings is 1. The Hall–Kier alpha value is -1.55. The molecule has 1 saturated heterocycles. The fourth-order valence-electron chi connectivity index (χ4n) is 1.88. The molecule has 0 aromatic carbocycles. The van der Waals surface area contributed by atoms with Gasteiger partial charge in [-0.1, -0.05) is 11.3 Å². The SMILES string of the molecule is CN(CC(F)(F)F)C(=O)c1sc(N2CCOCC2)nc1N. The molecule has 0 unspecified atom stereocenters. The van der Waals surface area contributed by atoms with Crippen LogP contribution < -0.4 is 10.6 Å². The van der Waals surface area contributed by atoms with Crippen molar-refractivity contribution in [2.45, 2.75) is 6.18 Å². The highest BCUT2D eigenvalue weighted by molar-refractivity contribution is 7.18. The number of anilines is 2. The van der Waals surface area contributed by atoms with Crippen molar-refractivity contribution in [1.82, 2.24) is 9.88 Å². The number of nitrogens with zero attached hydrogens (tertiary/aromatic N) is 3. The number of alkyl halides is 3. The second-order valence-corrected chi connectivity index (χ2v) is 5.56. The highest BCUT2D eigenvalue weighted by atomic mass is 32.1. The van der Waals surface area contributed by atoms with E-state index in [4.69, 9.17) is 10.5 Å². The number of amides is 1. The first-order valence-electron chi connectivity index (χ1n) is 6.19. The molecule has 10 heteroatoms. The van der Waals surface area contributed by atoms with E-state index in [0.29, 0.717) is 36.3 Å². The van der Waals surface area contributed by atoms with Crippen molar-refractivity contribution < 1.29 is 22.7 Å². The van der Waals surface area contributed by atoms with Gasteiger partial charge in [-0.3, -0.25) is 4.79 Å². The van der Waals surface area contributed by atoms with Gasteiger partial charge in [-0.25, -0.2) is 4.98 Å². The highest BCUT2D eigenvalue weighted by Crippen LogP contribution is 2.30. The van der Waals surface area contributed by atoms with Gasteiger partial charge in [-0.15, -0.1) is 0 Å². The summed E-state index contributed by atoms with van der Waals surface area (Å²) in [5.74, 6) is -0.817. The average molecular weight is 324 g/mol. The number of rotatable bonds is 3. The first-order valence-corrected chi connectivity index (χ1v) is 7.01. The number of aromatic nitrogens is 1. The van der Waals surface area contributed by atoms with Crippen LogP contribution in [-0.2, 0) is 4.74 Å². The Labute approximate surface area is 123 Å². The summed E-state index contributed by atoms with van der Waals surface area (Å²) in [5, 5.41) is 0.527. The van der Waals surface area contributed by atoms with E-state index < -0.39 is 18.6 Å². The third-order valence-corrected chi connectivity index (χ3v) is 4.00. The zero-order valence-electron chi connectivity index (χ0n) is 11.3. The molecule has 1 aromatic heterocycles. The largest absolute Gasteiger partial charge is 0.406 e. The van der Waals surface area contributed by atoms with Gasteiger partial charge in [0.05, 0.1) is 13.2 Å². The molecule has 1 aromatic rings. The molecular formula is C11H15F3N4O2S. The summed E-state index contributed by atoms with van der Waals surface area (Å²) in [7, 11) is 1.09. The zero-order valence-corrected chi connectivity index (χ0v) is 12.1. The van der Waals surface area contributed by atoms with Gasteiger partial charge in [0.15, 0.2) is 5.13 Å². The van der Waals surface area contributed by atoms with Crippen molar-refractivity contribution >= 4 is 28.2 Å². The van der Waals surface area contributed by atoms with Crippen LogP contribution >= 0.6 is 11.3 Å². The summed E-state index contributed by atoms with van der Waals surface area (Å²) in [6, 6.07) is 0. The summed E-state index contributed by atoms with van der Waals surface area (Å²) in [5.41, 5.74) is 5.66. The maximum absolute atomic E-state index is 12.3. The summed E-state index contributed by atoms with van der Waals surface area (Å²) in [4.78, 5) is 18.6. The van der Waals surface area contributed by atoms with Gasteiger partial charge in [-0.05, 0) is 0 Å². The third-order valence-electron chi connectivity index (χ3n) is 2.88. The number of carbonyl (C=O) groups is 1. The van der Waals surface area contributed by atoms with Gasteiger partial charge in [0, 0.05) is 20.1 Å². The van der Waals surface area contributed by atoms with Crippen LogP contribution in [0, 0.1) is 0 Å². The fraction of sp³-hybridized carbons (Fsp3) is 0.636. The summed E-state index contributed by atoms with van der Waals surface area (Å²) < 4.78 is 42.2. The first kappa shape index (κ1) is 15.8. The third kappa shape index (κ3) is 3.97. The Bertz CT molecular complexity index is 514. The highest BCUT2D eigenvalue weighted by Gasteiger charge is 2.33. The Morgan fingerprint density at radius 1 is 1.48 bits per heavy atom. The molecule has 1 fully saturated rings. The van der Waals surface area contributed by atoms with Gasteiger partial charge in [-0.2, -0.15) is 13.2 Å². The summed E-state index contributed by atoms with van der Waals surface area (Å²) in [6.07, 6.45) is -4.45. The maximum atomic E-state index is 12.3. The van der Waals surface area contributed by atoms with E-state index in [1.54, 1.807) is 0 Å². The Morgan fingerprint density at radius 2 is 2.10 bits per heavy atom. The molecule has 0 radical (unpaired) electrons. The fourth-order valence-corrected chi connectivity index (χ4v) is 2.91. The molecule has 2 rings (SSSR count). The number of halogens is 3. The molecule has 0 bridgehead atoms. The normalized spacial score (nSPS) is 16.1. The number of ether oxygens (including phenoxy) is 1. The van der Waals surface area contributed by atoms with Crippen molar-refractivity contribution in [3.8, 4) is 0 Å². The van der Waals surface area contributed by atoms with Gasteiger partial charge in [0.2, 0.25) is 0 Å². The van der Waals surface area contributed by atoms with Crippen LogP contribution in [0.3, 0.4) is 0 Å². The van der Waals surface area contributed by atoms with Gasteiger partial charge >= 0.3 is 6.18 Å². The molecule has 2 heterocycles. The van der Waals surface area contributed by atoms with Crippen LogP contribution in [0.1, 0.15) is 9.67 Å². The Kier molecular flexibility index (Phi) is 4.57. The topological polar surface area (TPSA) is 71.7 Å². The predicted octanol–water partition coefficient (Wildman–Crippen LogP) is 1.20. The lowest BCUT2D eigenvalue weighted by Crippen LogP contribution is -2.36. The van der Waals surface area contributed by atoms with Crippen molar-refractivity contribution in [3.63, 3.8) is 0 Å². The van der Waals surface area contributed by atoms with E-state index in [1.165, 1.54) is 0 Å². The zero-order chi connectivity index (χ0) is 15.6. The van der Waals surface area contributed by atoms with Gasteiger partial charge in [0.1, 0.15) is 17.2 Å². The number of hydrogen-bond acceptors (Lipinski definition) is 6. The van der Waals surface area contributed by atoms with E-state index >= 15 is 0 Å². The number of hydrogen-bond donors (Lipinski definition) is 1. The summed E-state index contributed by atoms with van der Waals surface area (Å²) in [6.45, 7) is 0.974. The summed E-state index contributed by atoms with van der Waals surface area (Å²) >= 11 is 1.00. The van der Waals surface area contributed by atoms with Crippen LogP contribution in [0.15, 0.2) is 0 Å². The molecule has 1 aliphatic rings. The number of carbonyl (C=O) groups excluding carboxylic acids is 1. The minimum atomic E-state index is -4.45. The second-order valence-electron chi connectivity index (χ2n) is 4.59. The minimum Gasteiger partial charge on any atom is -0.382 e. The van der Waals surface area contributed by atoms with Crippen LogP contribution in [0.4, 0.5) is 24.1 Å². The monoisotopic (exact) mass is 324 g/mol. The van der Waals surface area contributed by atoms with Gasteiger partial charge < -0.3 is 20.3 Å². The molecular weight excluding hydrogens is 309 g/mol. The van der Waals surface area contributed by atoms with E-state index in [1.807, 2.05) is 4.90 Å². The molecule has 6 nitrogen and oxygen atoms in total. The molecule has 0 atom stereocenters. The predicted molar refractivity (Wildman–Crippen MR) is 72.6 cm³/mol. The second kappa shape index (κ2) is 6.06. The lowest BCUT2D eigenvalue weighted by atomic mass is 10.4. The Balaban J connectivity index is 2.12. The lowest BCUT2D eigenvalue weighted by Gasteiger charge is -2.25. The quantitative estimate of drug-likeness (QED) is 0.904. The van der Waals surface area contributed by atoms with Gasteiger partial charge in [0.25, 0.3) is 5.91 Å². The van der Waals surface area contributed by atoms with Crippen LogP contribution in [0.2, 0.25) is 0 Å². The molecule has 2 N–H and O–H groups in total. The van der Waals surface area contributed by atoms with Crippen molar-refractivity contribution in [2.24, 2.45) is 0 Å². The molecule has 118 valence electrons. The Morgan fingerprint density at radius 3 is 2.67 bits per heavy atom. The lowest BCUT2D eigenvalue weighted by molar-refractivity contribution is -0.138. The van der Waals surface area contributed by atoms with E-state index in [2.05, 4.69) is 4.98 Å². The van der Waals surface area contributed by atoms with Crippen LogP contribution in [0.25, 0.3) is 0 Å². The molecule has 0 aliphatic carbocycles. The molecule has 1 amide bonds. The smallest absolute Gasteiger partial charge is 0.382 e. The van der Waals surface area contributed by atoms with Crippen LogP contribution in [-0.4, -0.2) is 61.9 Å². The minimum absolute atomic E-state index is 0.0308. The number of thiazole rings is 1. The van der Waals surface area contributed by atoms with Crippen molar-refractivity contribution in [3.05, 3.63) is 4.88 Å². The van der Waals surface area contributed by atoms with Crippen molar-refractivity contribution in [1.29, 1.82) is 0 Å². The van der Waals surface area contributed by atoms with Crippen molar-refractivity contribution in [2.75, 3.05) is 50.5 Å². The van der Waals surface area contributed by atoms with E-state index in [9.17, 15) is 18.0 Å². The van der Waals surface area contributed by atoms with E-state index in [-0.39, 0.29) is 10.7 Å². The maximum Gasteiger partial charge on any atom is 0.406 e. The molecule has 0 spiro atoms. The molecule has 21 heavy (non-hydrogen) atoms. The first-order chi connectivity index (χ1) is 9.78. The molecule has 0 saturated carbocycles. The average Bonchev–Trinajstić information content (AvgIpc) is 2.79. The standard InChI is InChI=1S/C11H15F3N4O2S/c1-17(6-11(12,13)14)9(19)7-8(15)16-10(21-7)18-2-4-20-5-3-18/h2-6,15H2,1H3. The number of nitrogen functional groups attached to an aromatic ring is 1. The number of nitrogens with two attached hydrogens (primary N) is 1. The molecule has 1 aliphatic heterocycles. The van der Waals surface area contributed by atoms with Crippen LogP contribution in [0.5, 0.6) is 0 Å². The van der Waals surface area contributed by atoms with E-state index in [0.717, 1.165) is 18.4 Å².